The molecular weight excluding hydrogens is 240 g/mol. The smallest absolute Gasteiger partial charge is 0.306 e. The maximum atomic E-state index is 11.1. The molecule has 0 saturated carbocycles. The number of carboxylic acids is 1. The van der Waals surface area contributed by atoms with Gasteiger partial charge in [0.25, 0.3) is 0 Å². The number of carboxylic acid groups (broad SMARTS) is 1. The maximum Gasteiger partial charge on any atom is 0.306 e. The predicted molar refractivity (Wildman–Crippen MR) is 74.1 cm³/mol. The van der Waals surface area contributed by atoms with Crippen molar-refractivity contribution in [2.24, 2.45) is 5.92 Å². The highest BCUT2D eigenvalue weighted by Gasteiger charge is 2.38. The van der Waals surface area contributed by atoms with E-state index in [-0.39, 0.29) is 5.92 Å². The number of aliphatic carboxylic acids is 1. The number of likely N-dealkylation sites (tertiary alicyclic amines) is 1. The topological polar surface area (TPSA) is 43.8 Å². The van der Waals surface area contributed by atoms with Crippen LogP contribution in [-0.4, -0.2) is 58.6 Å². The molecule has 3 fully saturated rings. The molecule has 0 aromatic rings. The van der Waals surface area contributed by atoms with Crippen molar-refractivity contribution in [1.29, 1.82) is 0 Å². The summed E-state index contributed by atoms with van der Waals surface area (Å²) in [7, 11) is 0. The van der Waals surface area contributed by atoms with E-state index in [1.165, 1.54) is 38.8 Å². The summed E-state index contributed by atoms with van der Waals surface area (Å²) in [4.78, 5) is 16.4. The highest BCUT2D eigenvalue weighted by molar-refractivity contribution is 5.70. The van der Waals surface area contributed by atoms with Gasteiger partial charge in [0.2, 0.25) is 0 Å². The van der Waals surface area contributed by atoms with E-state index in [1.807, 2.05) is 0 Å². The van der Waals surface area contributed by atoms with E-state index in [0.717, 1.165) is 25.4 Å². The van der Waals surface area contributed by atoms with Crippen LogP contribution >= 0.6 is 0 Å². The lowest BCUT2D eigenvalue weighted by atomic mass is 9.87. The minimum absolute atomic E-state index is 0.113. The molecule has 108 valence electrons. The highest BCUT2D eigenvalue weighted by Crippen LogP contribution is 2.33. The zero-order valence-corrected chi connectivity index (χ0v) is 11.9. The van der Waals surface area contributed by atoms with Crippen LogP contribution in [0.3, 0.4) is 0 Å². The molecule has 4 heteroatoms. The molecule has 0 aliphatic carbocycles. The SMILES string of the molecule is CC1CC(C(=O)O)CCN1C1CCN2CCCC2C1. The van der Waals surface area contributed by atoms with Gasteiger partial charge in [-0.15, -0.1) is 0 Å². The Hall–Kier alpha value is -0.610. The van der Waals surface area contributed by atoms with Crippen LogP contribution in [0.2, 0.25) is 0 Å². The van der Waals surface area contributed by atoms with Crippen molar-refractivity contribution in [3.63, 3.8) is 0 Å². The van der Waals surface area contributed by atoms with Crippen LogP contribution in [0.15, 0.2) is 0 Å². The van der Waals surface area contributed by atoms with Crippen LogP contribution in [-0.2, 0) is 4.79 Å². The number of rotatable bonds is 2. The average Bonchev–Trinajstić information content (AvgIpc) is 2.85. The number of hydrogen-bond acceptors (Lipinski definition) is 3. The van der Waals surface area contributed by atoms with Crippen LogP contribution in [0.4, 0.5) is 0 Å². The minimum atomic E-state index is -0.600. The van der Waals surface area contributed by atoms with Gasteiger partial charge in [0.05, 0.1) is 5.92 Å². The van der Waals surface area contributed by atoms with Crippen molar-refractivity contribution in [2.75, 3.05) is 19.6 Å². The van der Waals surface area contributed by atoms with Gasteiger partial charge >= 0.3 is 5.97 Å². The summed E-state index contributed by atoms with van der Waals surface area (Å²) in [6.07, 6.45) is 7.00. The molecule has 0 amide bonds. The molecule has 19 heavy (non-hydrogen) atoms. The number of piperidine rings is 2. The van der Waals surface area contributed by atoms with E-state index >= 15 is 0 Å². The molecule has 0 bridgehead atoms. The number of nitrogens with zero attached hydrogens (tertiary/aromatic N) is 2. The average molecular weight is 266 g/mol. The Bertz CT molecular complexity index is 347. The van der Waals surface area contributed by atoms with Crippen LogP contribution in [0.25, 0.3) is 0 Å². The Morgan fingerprint density at radius 2 is 1.89 bits per heavy atom. The molecule has 1 N–H and O–H groups in total. The van der Waals surface area contributed by atoms with Gasteiger partial charge in [-0.25, -0.2) is 0 Å². The van der Waals surface area contributed by atoms with Crippen LogP contribution < -0.4 is 0 Å². The van der Waals surface area contributed by atoms with Crippen LogP contribution in [0.5, 0.6) is 0 Å². The van der Waals surface area contributed by atoms with E-state index < -0.39 is 5.97 Å². The van der Waals surface area contributed by atoms with Crippen molar-refractivity contribution >= 4 is 5.97 Å². The molecule has 4 nitrogen and oxygen atoms in total. The third-order valence-corrected chi connectivity index (χ3v) is 5.54. The first kappa shape index (κ1) is 13.4. The number of fused-ring (bicyclic) bond motifs is 1. The third kappa shape index (κ3) is 2.65. The second-order valence-electron chi connectivity index (χ2n) is 6.66. The second kappa shape index (κ2) is 5.41. The molecule has 0 aromatic carbocycles. The quantitative estimate of drug-likeness (QED) is 0.827. The van der Waals surface area contributed by atoms with E-state index in [2.05, 4.69) is 16.7 Å². The molecule has 3 aliphatic heterocycles. The highest BCUT2D eigenvalue weighted by atomic mass is 16.4. The molecule has 3 rings (SSSR count). The molecule has 3 saturated heterocycles. The third-order valence-electron chi connectivity index (χ3n) is 5.54. The lowest BCUT2D eigenvalue weighted by Gasteiger charge is -2.46. The molecule has 0 aromatic heterocycles. The Morgan fingerprint density at radius 3 is 2.63 bits per heavy atom. The van der Waals surface area contributed by atoms with Gasteiger partial charge in [-0.2, -0.15) is 0 Å². The van der Waals surface area contributed by atoms with Gasteiger partial charge in [-0.05, 0) is 65.1 Å². The Balaban J connectivity index is 1.59. The lowest BCUT2D eigenvalue weighted by molar-refractivity contribution is -0.144. The second-order valence-corrected chi connectivity index (χ2v) is 6.66. The Labute approximate surface area is 115 Å². The van der Waals surface area contributed by atoms with E-state index in [9.17, 15) is 4.79 Å². The van der Waals surface area contributed by atoms with Gasteiger partial charge in [0, 0.05) is 18.1 Å². The Morgan fingerprint density at radius 1 is 1.05 bits per heavy atom. The summed E-state index contributed by atoms with van der Waals surface area (Å²) < 4.78 is 0. The number of hydrogen-bond donors (Lipinski definition) is 1. The zero-order valence-electron chi connectivity index (χ0n) is 11.9. The van der Waals surface area contributed by atoms with Crippen molar-refractivity contribution in [3.8, 4) is 0 Å². The van der Waals surface area contributed by atoms with E-state index in [4.69, 9.17) is 5.11 Å². The predicted octanol–water partition coefficient (Wildman–Crippen LogP) is 1.80. The molecule has 4 unspecified atom stereocenters. The first-order valence-corrected chi connectivity index (χ1v) is 7.87. The first-order chi connectivity index (χ1) is 9.15. The molecular formula is C15H26N2O2. The molecule has 0 radical (unpaired) electrons. The molecule has 4 atom stereocenters. The summed E-state index contributed by atoms with van der Waals surface area (Å²) in [5, 5.41) is 9.15. The first-order valence-electron chi connectivity index (χ1n) is 7.87. The molecule has 3 heterocycles. The van der Waals surface area contributed by atoms with Crippen molar-refractivity contribution in [1.82, 2.24) is 9.80 Å². The van der Waals surface area contributed by atoms with Gasteiger partial charge in [-0.1, -0.05) is 0 Å². The number of carbonyl (C=O) groups is 1. The van der Waals surface area contributed by atoms with E-state index in [1.54, 1.807) is 0 Å². The zero-order chi connectivity index (χ0) is 13.4. The fraction of sp³-hybridized carbons (Fsp3) is 0.933. The van der Waals surface area contributed by atoms with Crippen molar-refractivity contribution < 1.29 is 9.90 Å². The monoisotopic (exact) mass is 266 g/mol. The standard InChI is InChI=1S/C15H26N2O2/c1-11-9-12(15(18)19)4-8-17(11)14-5-7-16-6-2-3-13(16)10-14/h11-14H,2-10H2,1H3,(H,18,19). The summed E-state index contributed by atoms with van der Waals surface area (Å²) in [5.41, 5.74) is 0. The summed E-state index contributed by atoms with van der Waals surface area (Å²) in [6.45, 7) is 5.75. The maximum absolute atomic E-state index is 11.1. The largest absolute Gasteiger partial charge is 0.481 e. The van der Waals surface area contributed by atoms with Crippen LogP contribution in [0.1, 0.15) is 45.4 Å². The van der Waals surface area contributed by atoms with Crippen molar-refractivity contribution in [2.45, 2.75) is 63.6 Å². The van der Waals surface area contributed by atoms with Gasteiger partial charge < -0.3 is 10.0 Å². The lowest BCUT2D eigenvalue weighted by Crippen LogP contribution is -2.53. The fourth-order valence-corrected chi connectivity index (χ4v) is 4.46. The summed E-state index contributed by atoms with van der Waals surface area (Å²) in [6, 6.07) is 1.94. The van der Waals surface area contributed by atoms with Crippen LogP contribution in [0, 0.1) is 5.92 Å². The molecule has 3 aliphatic rings. The summed E-state index contributed by atoms with van der Waals surface area (Å²) >= 11 is 0. The minimum Gasteiger partial charge on any atom is -0.481 e. The van der Waals surface area contributed by atoms with Gasteiger partial charge in [-0.3, -0.25) is 9.69 Å². The summed E-state index contributed by atoms with van der Waals surface area (Å²) in [5.74, 6) is -0.713. The normalized spacial score (nSPS) is 41.1. The fourth-order valence-electron chi connectivity index (χ4n) is 4.46. The Kier molecular flexibility index (Phi) is 3.81. The van der Waals surface area contributed by atoms with E-state index in [0.29, 0.717) is 12.1 Å². The van der Waals surface area contributed by atoms with Gasteiger partial charge in [0.15, 0.2) is 0 Å². The van der Waals surface area contributed by atoms with Crippen molar-refractivity contribution in [3.05, 3.63) is 0 Å². The van der Waals surface area contributed by atoms with Gasteiger partial charge in [0.1, 0.15) is 0 Å². The molecule has 0 spiro atoms.